The quantitative estimate of drug-likeness (QED) is 0.400. The molecule has 3 rings (SSSR count). The zero-order valence-corrected chi connectivity index (χ0v) is 18.0. The highest BCUT2D eigenvalue weighted by molar-refractivity contribution is 7.99. The van der Waals surface area contributed by atoms with Crippen LogP contribution in [0.3, 0.4) is 0 Å². The molecule has 0 aliphatic heterocycles. The van der Waals surface area contributed by atoms with Crippen molar-refractivity contribution >= 4 is 39.9 Å². The van der Waals surface area contributed by atoms with Crippen molar-refractivity contribution in [3.8, 4) is 0 Å². The maximum atomic E-state index is 12.8. The molecule has 0 unspecified atom stereocenters. The van der Waals surface area contributed by atoms with Crippen molar-refractivity contribution < 1.29 is 9.59 Å². The molecule has 0 saturated heterocycles. The summed E-state index contributed by atoms with van der Waals surface area (Å²) in [6, 6.07) is 10.1. The summed E-state index contributed by atoms with van der Waals surface area (Å²) in [7, 11) is 3.59. The Kier molecular flexibility index (Phi) is 7.53. The van der Waals surface area contributed by atoms with Crippen molar-refractivity contribution in [3.63, 3.8) is 0 Å². The molecular formula is C21H27N3O2S2. The molecule has 150 valence electrons. The van der Waals surface area contributed by atoms with Crippen molar-refractivity contribution in [3.05, 3.63) is 46.3 Å². The Labute approximate surface area is 174 Å². The first-order valence-electron chi connectivity index (χ1n) is 9.65. The fourth-order valence-corrected chi connectivity index (χ4v) is 5.47. The number of hydrogen-bond acceptors (Lipinski definition) is 5. The van der Waals surface area contributed by atoms with Gasteiger partial charge < -0.3 is 5.32 Å². The van der Waals surface area contributed by atoms with E-state index in [2.05, 4.69) is 10.7 Å². The number of fused-ring (bicyclic) bond motifs is 1. The lowest BCUT2D eigenvalue weighted by Gasteiger charge is -2.14. The van der Waals surface area contributed by atoms with Gasteiger partial charge in [0.05, 0.1) is 5.56 Å². The van der Waals surface area contributed by atoms with Crippen LogP contribution in [0.1, 0.15) is 46.5 Å². The minimum Gasteiger partial charge on any atom is -0.317 e. The first-order valence-corrected chi connectivity index (χ1v) is 11.5. The second-order valence-electron chi connectivity index (χ2n) is 7.06. The summed E-state index contributed by atoms with van der Waals surface area (Å²) >= 11 is 3.24. The van der Waals surface area contributed by atoms with Gasteiger partial charge in [0.15, 0.2) is 0 Å². The largest absolute Gasteiger partial charge is 0.317 e. The van der Waals surface area contributed by atoms with Crippen molar-refractivity contribution in [1.82, 2.24) is 10.4 Å². The fourth-order valence-electron chi connectivity index (χ4n) is 3.30. The molecule has 2 aromatic rings. The van der Waals surface area contributed by atoms with Crippen LogP contribution < -0.4 is 10.7 Å². The molecule has 1 aromatic heterocycles. The van der Waals surface area contributed by atoms with Gasteiger partial charge in [-0.05, 0) is 43.4 Å². The third kappa shape index (κ3) is 5.59. The molecule has 1 aliphatic rings. The van der Waals surface area contributed by atoms with Gasteiger partial charge in [-0.3, -0.25) is 15.0 Å². The molecule has 1 aliphatic carbocycles. The lowest BCUT2D eigenvalue weighted by molar-refractivity contribution is -0.115. The number of rotatable bonds is 7. The van der Waals surface area contributed by atoms with E-state index in [-0.39, 0.29) is 11.8 Å². The van der Waals surface area contributed by atoms with E-state index < -0.39 is 0 Å². The molecule has 2 N–H and O–H groups in total. The highest BCUT2D eigenvalue weighted by atomic mass is 32.2. The van der Waals surface area contributed by atoms with Crippen LogP contribution in [-0.4, -0.2) is 36.7 Å². The van der Waals surface area contributed by atoms with Gasteiger partial charge in [-0.15, -0.1) is 23.1 Å². The molecule has 2 amide bonds. The number of carbonyl (C=O) groups excluding carboxylic acids is 2. The van der Waals surface area contributed by atoms with Gasteiger partial charge in [0.1, 0.15) is 5.00 Å². The van der Waals surface area contributed by atoms with Crippen LogP contribution in [0.25, 0.3) is 0 Å². The average Bonchev–Trinajstić information content (AvgIpc) is 2.82. The molecule has 1 aromatic carbocycles. The number of thiophene rings is 1. The summed E-state index contributed by atoms with van der Waals surface area (Å²) in [6.07, 6.45) is 5.73. The summed E-state index contributed by atoms with van der Waals surface area (Å²) in [5.74, 6) is 0.525. The molecule has 0 fully saturated rings. The Bertz CT molecular complexity index is 819. The number of nitrogens with zero attached hydrogens (tertiary/aromatic N) is 1. The van der Waals surface area contributed by atoms with E-state index in [1.165, 1.54) is 11.3 Å². The minimum atomic E-state index is -0.140. The van der Waals surface area contributed by atoms with Gasteiger partial charge in [0.2, 0.25) is 5.91 Å². The Morgan fingerprint density at radius 1 is 1.11 bits per heavy atom. The first-order chi connectivity index (χ1) is 13.5. The second-order valence-corrected chi connectivity index (χ2v) is 9.34. The second kappa shape index (κ2) is 10.1. The standard InChI is InChI=1S/C21H27N3O2S2/c1-24(2)23-20(26)19-16-11-7-4-8-12-17(16)28-21(19)22-18(25)13-14-27-15-9-5-3-6-10-15/h3,5-6,9-10H,4,7-8,11-14H2,1-2H3,(H,22,25)(H,23,26). The highest BCUT2D eigenvalue weighted by Gasteiger charge is 2.25. The van der Waals surface area contributed by atoms with Crippen molar-refractivity contribution in [2.24, 2.45) is 0 Å². The molecule has 0 spiro atoms. The lowest BCUT2D eigenvalue weighted by Crippen LogP contribution is -2.36. The molecule has 0 atom stereocenters. The molecule has 7 heteroatoms. The molecule has 0 saturated carbocycles. The average molecular weight is 418 g/mol. The summed E-state index contributed by atoms with van der Waals surface area (Å²) in [6.45, 7) is 0. The van der Waals surface area contributed by atoms with Crippen LogP contribution in [-0.2, 0) is 17.6 Å². The summed E-state index contributed by atoms with van der Waals surface area (Å²) in [5, 5.41) is 5.35. The summed E-state index contributed by atoms with van der Waals surface area (Å²) in [4.78, 5) is 27.7. The van der Waals surface area contributed by atoms with Gasteiger partial charge in [-0.2, -0.15) is 0 Å². The van der Waals surface area contributed by atoms with E-state index in [1.807, 2.05) is 30.3 Å². The maximum absolute atomic E-state index is 12.8. The zero-order valence-electron chi connectivity index (χ0n) is 16.4. The Morgan fingerprint density at radius 2 is 1.86 bits per heavy atom. The summed E-state index contributed by atoms with van der Waals surface area (Å²) in [5.41, 5.74) is 4.61. The topological polar surface area (TPSA) is 61.4 Å². The normalized spacial score (nSPS) is 13.7. The number of benzene rings is 1. The van der Waals surface area contributed by atoms with Crippen molar-refractivity contribution in [2.75, 3.05) is 25.2 Å². The van der Waals surface area contributed by atoms with Gasteiger partial charge in [0.25, 0.3) is 5.91 Å². The van der Waals surface area contributed by atoms with Crippen LogP contribution in [0, 0.1) is 0 Å². The SMILES string of the molecule is CN(C)NC(=O)c1c(NC(=O)CCSc2ccccc2)sc2c1CCCCC2. The van der Waals surface area contributed by atoms with E-state index in [0.717, 1.165) is 36.1 Å². The van der Waals surface area contributed by atoms with Crippen LogP contribution in [0.2, 0.25) is 0 Å². The third-order valence-corrected chi connectivity index (χ3v) is 6.79. The predicted octanol–water partition coefficient (Wildman–Crippen LogP) is 4.34. The number of amides is 2. The number of hydrogen-bond donors (Lipinski definition) is 2. The Hall–Kier alpha value is -1.83. The number of thioether (sulfide) groups is 1. The molecule has 5 nitrogen and oxygen atoms in total. The Morgan fingerprint density at radius 3 is 2.61 bits per heavy atom. The van der Waals surface area contributed by atoms with E-state index in [1.54, 1.807) is 42.2 Å². The van der Waals surface area contributed by atoms with Gasteiger partial charge in [-0.25, -0.2) is 5.01 Å². The molecule has 28 heavy (non-hydrogen) atoms. The van der Waals surface area contributed by atoms with E-state index >= 15 is 0 Å². The fraction of sp³-hybridized carbons (Fsp3) is 0.429. The molecular weight excluding hydrogens is 390 g/mol. The zero-order chi connectivity index (χ0) is 19.9. The van der Waals surface area contributed by atoms with Crippen LogP contribution in [0.4, 0.5) is 5.00 Å². The number of anilines is 1. The van der Waals surface area contributed by atoms with Crippen LogP contribution in [0.15, 0.2) is 35.2 Å². The first kappa shape index (κ1) is 20.9. The minimum absolute atomic E-state index is 0.0428. The predicted molar refractivity (Wildman–Crippen MR) is 117 cm³/mol. The summed E-state index contributed by atoms with van der Waals surface area (Å²) < 4.78 is 0. The van der Waals surface area contributed by atoms with Gasteiger partial charge >= 0.3 is 0 Å². The Balaban J connectivity index is 1.69. The molecule has 0 bridgehead atoms. The number of aryl methyl sites for hydroxylation is 1. The van der Waals surface area contributed by atoms with Crippen LogP contribution in [0.5, 0.6) is 0 Å². The van der Waals surface area contributed by atoms with Gasteiger partial charge in [-0.1, -0.05) is 24.6 Å². The third-order valence-electron chi connectivity index (χ3n) is 4.57. The van der Waals surface area contributed by atoms with E-state index in [9.17, 15) is 9.59 Å². The number of carbonyl (C=O) groups is 2. The van der Waals surface area contributed by atoms with E-state index in [4.69, 9.17) is 0 Å². The van der Waals surface area contributed by atoms with Gasteiger partial charge in [0, 0.05) is 36.0 Å². The van der Waals surface area contributed by atoms with Crippen molar-refractivity contribution in [1.29, 1.82) is 0 Å². The monoisotopic (exact) mass is 417 g/mol. The van der Waals surface area contributed by atoms with Crippen LogP contribution >= 0.6 is 23.1 Å². The molecule has 0 radical (unpaired) electrons. The van der Waals surface area contributed by atoms with Crippen molar-refractivity contribution in [2.45, 2.75) is 43.4 Å². The maximum Gasteiger partial charge on any atom is 0.268 e. The number of hydrazine groups is 1. The van der Waals surface area contributed by atoms with E-state index in [0.29, 0.717) is 22.7 Å². The lowest BCUT2D eigenvalue weighted by atomic mass is 10.1. The molecule has 1 heterocycles. The highest BCUT2D eigenvalue weighted by Crippen LogP contribution is 2.37. The smallest absolute Gasteiger partial charge is 0.268 e. The number of nitrogens with one attached hydrogen (secondary N) is 2.